The monoisotopic (exact) mass is 351 g/mol. The molecule has 2 N–H and O–H groups in total. The lowest BCUT2D eigenvalue weighted by molar-refractivity contribution is 0.122. The molecule has 3 unspecified atom stereocenters. The summed E-state index contributed by atoms with van der Waals surface area (Å²) in [6.07, 6.45) is 6.96. The van der Waals surface area contributed by atoms with Crippen LogP contribution in [0, 0.1) is 11.8 Å². The molecule has 146 valence electrons. The van der Waals surface area contributed by atoms with Crippen LogP contribution >= 0.6 is 0 Å². The first-order chi connectivity index (χ1) is 12.1. The van der Waals surface area contributed by atoms with Crippen LogP contribution in [0.1, 0.15) is 52.9 Å². The zero-order valence-corrected chi connectivity index (χ0v) is 17.1. The molecule has 0 aromatic carbocycles. The molecule has 0 radical (unpaired) electrons. The Bertz CT molecular complexity index is 390. The van der Waals surface area contributed by atoms with Crippen molar-refractivity contribution >= 4 is 5.96 Å². The van der Waals surface area contributed by atoms with Gasteiger partial charge >= 0.3 is 0 Å². The number of hydrogen-bond acceptors (Lipinski definition) is 3. The van der Waals surface area contributed by atoms with Gasteiger partial charge in [0.25, 0.3) is 0 Å². The Hall–Kier alpha value is -0.810. The molecule has 2 fully saturated rings. The van der Waals surface area contributed by atoms with E-state index in [1.165, 1.54) is 45.2 Å². The lowest BCUT2D eigenvalue weighted by Gasteiger charge is -2.35. The molecule has 2 aliphatic rings. The van der Waals surface area contributed by atoms with Gasteiger partial charge in [0.2, 0.25) is 0 Å². The highest BCUT2D eigenvalue weighted by atomic mass is 15.3. The summed E-state index contributed by atoms with van der Waals surface area (Å²) in [4.78, 5) is 9.82. The van der Waals surface area contributed by atoms with E-state index >= 15 is 0 Å². The van der Waals surface area contributed by atoms with Crippen molar-refractivity contribution in [2.24, 2.45) is 16.8 Å². The predicted octanol–water partition coefficient (Wildman–Crippen LogP) is 2.39. The van der Waals surface area contributed by atoms with E-state index in [-0.39, 0.29) is 0 Å². The average molecular weight is 352 g/mol. The fraction of sp³-hybridized carbons (Fsp3) is 0.950. The SMILES string of the molecule is CCNC(=NCC(C)N1CCN(C)CC1)NCCC1CCCC(C)C1. The molecule has 1 heterocycles. The van der Waals surface area contributed by atoms with Crippen molar-refractivity contribution < 1.29 is 0 Å². The van der Waals surface area contributed by atoms with Crippen molar-refractivity contribution in [1.82, 2.24) is 20.4 Å². The van der Waals surface area contributed by atoms with E-state index in [1.54, 1.807) is 0 Å². The van der Waals surface area contributed by atoms with E-state index < -0.39 is 0 Å². The van der Waals surface area contributed by atoms with Crippen molar-refractivity contribution in [2.75, 3.05) is 52.9 Å². The van der Waals surface area contributed by atoms with Gasteiger partial charge in [0.15, 0.2) is 5.96 Å². The predicted molar refractivity (Wildman–Crippen MR) is 108 cm³/mol. The number of nitrogens with zero attached hydrogens (tertiary/aromatic N) is 3. The van der Waals surface area contributed by atoms with Crippen molar-refractivity contribution in [2.45, 2.75) is 58.9 Å². The van der Waals surface area contributed by atoms with E-state index in [2.05, 4.69) is 48.3 Å². The molecule has 0 aromatic heterocycles. The van der Waals surface area contributed by atoms with Crippen LogP contribution in [-0.2, 0) is 0 Å². The summed E-state index contributed by atoms with van der Waals surface area (Å²) in [6.45, 7) is 14.4. The maximum atomic E-state index is 4.84. The van der Waals surface area contributed by atoms with Gasteiger partial charge in [-0.15, -0.1) is 0 Å². The number of hydrogen-bond donors (Lipinski definition) is 2. The zero-order chi connectivity index (χ0) is 18.1. The fourth-order valence-electron chi connectivity index (χ4n) is 4.16. The molecule has 25 heavy (non-hydrogen) atoms. The normalized spacial score (nSPS) is 27.9. The Labute approximate surface area is 155 Å². The minimum absolute atomic E-state index is 0.517. The van der Waals surface area contributed by atoms with Gasteiger partial charge in [-0.1, -0.05) is 26.2 Å². The second-order valence-electron chi connectivity index (χ2n) is 8.26. The van der Waals surface area contributed by atoms with E-state index in [1.807, 2.05) is 0 Å². The third kappa shape index (κ3) is 7.53. The molecule has 5 nitrogen and oxygen atoms in total. The van der Waals surface area contributed by atoms with Crippen LogP contribution in [0.15, 0.2) is 4.99 Å². The standard InChI is InChI=1S/C20H41N5/c1-5-21-20(22-10-9-19-8-6-7-17(2)15-19)23-16-18(3)25-13-11-24(4)12-14-25/h17-19H,5-16H2,1-4H3,(H2,21,22,23). The van der Waals surface area contributed by atoms with Crippen molar-refractivity contribution in [3.8, 4) is 0 Å². The summed E-state index contributed by atoms with van der Waals surface area (Å²) in [7, 11) is 2.21. The van der Waals surface area contributed by atoms with Gasteiger partial charge in [-0.05, 0) is 45.6 Å². The summed E-state index contributed by atoms with van der Waals surface area (Å²) >= 11 is 0. The van der Waals surface area contributed by atoms with Crippen LogP contribution < -0.4 is 10.6 Å². The lowest BCUT2D eigenvalue weighted by Crippen LogP contribution is -2.49. The third-order valence-electron chi connectivity index (χ3n) is 5.91. The van der Waals surface area contributed by atoms with Crippen LogP contribution in [0.2, 0.25) is 0 Å². The first kappa shape index (κ1) is 20.5. The Balaban J connectivity index is 1.71. The quantitative estimate of drug-likeness (QED) is 0.546. The van der Waals surface area contributed by atoms with Crippen LogP contribution in [0.25, 0.3) is 0 Å². The Morgan fingerprint density at radius 2 is 1.92 bits per heavy atom. The van der Waals surface area contributed by atoms with E-state index in [4.69, 9.17) is 4.99 Å². The molecule has 0 amide bonds. The molecule has 1 aliphatic carbocycles. The number of likely N-dealkylation sites (N-methyl/N-ethyl adjacent to an activating group) is 1. The topological polar surface area (TPSA) is 42.9 Å². The Kier molecular flexibility index (Phi) is 9.04. The van der Waals surface area contributed by atoms with Crippen molar-refractivity contribution in [3.05, 3.63) is 0 Å². The largest absolute Gasteiger partial charge is 0.357 e. The highest BCUT2D eigenvalue weighted by molar-refractivity contribution is 5.79. The second-order valence-corrected chi connectivity index (χ2v) is 8.26. The van der Waals surface area contributed by atoms with E-state index in [0.717, 1.165) is 50.5 Å². The summed E-state index contributed by atoms with van der Waals surface area (Å²) in [5, 5.41) is 6.97. The molecule has 2 rings (SSSR count). The van der Waals surface area contributed by atoms with Crippen molar-refractivity contribution in [3.63, 3.8) is 0 Å². The van der Waals surface area contributed by atoms with Gasteiger partial charge in [-0.3, -0.25) is 9.89 Å². The highest BCUT2D eigenvalue weighted by Crippen LogP contribution is 2.30. The maximum Gasteiger partial charge on any atom is 0.191 e. The van der Waals surface area contributed by atoms with Crippen LogP contribution in [0.4, 0.5) is 0 Å². The molecule has 0 bridgehead atoms. The van der Waals surface area contributed by atoms with E-state index in [9.17, 15) is 0 Å². The smallest absolute Gasteiger partial charge is 0.191 e. The Morgan fingerprint density at radius 1 is 1.16 bits per heavy atom. The highest BCUT2D eigenvalue weighted by Gasteiger charge is 2.20. The second kappa shape index (κ2) is 11.0. The van der Waals surface area contributed by atoms with Crippen LogP contribution in [-0.4, -0.2) is 74.7 Å². The molecule has 1 saturated carbocycles. The minimum atomic E-state index is 0.517. The van der Waals surface area contributed by atoms with Gasteiger partial charge in [0, 0.05) is 45.3 Å². The molecule has 3 atom stereocenters. The van der Waals surface area contributed by atoms with Gasteiger partial charge in [0.05, 0.1) is 6.54 Å². The van der Waals surface area contributed by atoms with Crippen LogP contribution in [0.3, 0.4) is 0 Å². The average Bonchev–Trinajstić information content (AvgIpc) is 2.60. The summed E-state index contributed by atoms with van der Waals surface area (Å²) in [5.74, 6) is 2.82. The van der Waals surface area contributed by atoms with Gasteiger partial charge < -0.3 is 15.5 Å². The first-order valence-electron chi connectivity index (χ1n) is 10.5. The summed E-state index contributed by atoms with van der Waals surface area (Å²) in [5.41, 5.74) is 0. The first-order valence-corrected chi connectivity index (χ1v) is 10.5. The summed E-state index contributed by atoms with van der Waals surface area (Å²) < 4.78 is 0. The van der Waals surface area contributed by atoms with Gasteiger partial charge in [0.1, 0.15) is 0 Å². The number of piperazine rings is 1. The van der Waals surface area contributed by atoms with E-state index in [0.29, 0.717) is 6.04 Å². The number of guanidine groups is 1. The number of nitrogens with one attached hydrogen (secondary N) is 2. The molecule has 0 spiro atoms. The molecular formula is C20H41N5. The number of aliphatic imine (C=N–C) groups is 1. The molecule has 1 aliphatic heterocycles. The summed E-state index contributed by atoms with van der Waals surface area (Å²) in [6, 6.07) is 0.517. The molecule has 1 saturated heterocycles. The third-order valence-corrected chi connectivity index (χ3v) is 5.91. The van der Waals surface area contributed by atoms with Crippen molar-refractivity contribution in [1.29, 1.82) is 0 Å². The fourth-order valence-corrected chi connectivity index (χ4v) is 4.16. The molecule has 0 aromatic rings. The van der Waals surface area contributed by atoms with Gasteiger partial charge in [-0.25, -0.2) is 0 Å². The lowest BCUT2D eigenvalue weighted by atomic mass is 9.81. The minimum Gasteiger partial charge on any atom is -0.357 e. The Morgan fingerprint density at radius 3 is 2.60 bits per heavy atom. The molecular weight excluding hydrogens is 310 g/mol. The molecule has 5 heteroatoms. The number of rotatable bonds is 7. The van der Waals surface area contributed by atoms with Gasteiger partial charge in [-0.2, -0.15) is 0 Å². The van der Waals surface area contributed by atoms with Crippen LogP contribution in [0.5, 0.6) is 0 Å². The maximum absolute atomic E-state index is 4.84. The zero-order valence-electron chi connectivity index (χ0n) is 17.1.